The van der Waals surface area contributed by atoms with Crippen molar-refractivity contribution in [2.24, 2.45) is 0 Å². The van der Waals surface area contributed by atoms with Crippen LogP contribution in [0.4, 0.5) is 11.8 Å². The summed E-state index contributed by atoms with van der Waals surface area (Å²) in [5, 5.41) is 0. The zero-order valence-electron chi connectivity index (χ0n) is 11.3. The number of aryl methyl sites for hydroxylation is 1. The summed E-state index contributed by atoms with van der Waals surface area (Å²) in [5.74, 6) is 1.42. The first kappa shape index (κ1) is 11.6. The number of nitrogen functional groups attached to an aromatic ring is 1. The third-order valence-corrected chi connectivity index (χ3v) is 4.12. The van der Waals surface area contributed by atoms with Crippen molar-refractivity contribution in [1.82, 2.24) is 15.0 Å². The second-order valence-corrected chi connectivity index (χ2v) is 5.46. The van der Waals surface area contributed by atoms with Crippen LogP contribution in [0.3, 0.4) is 0 Å². The van der Waals surface area contributed by atoms with Crippen LogP contribution in [-0.4, -0.2) is 28.0 Å². The summed E-state index contributed by atoms with van der Waals surface area (Å²) in [5.41, 5.74) is 10.3. The van der Waals surface area contributed by atoms with E-state index in [0.29, 0.717) is 5.82 Å². The Kier molecular flexibility index (Phi) is 2.58. The third-order valence-electron chi connectivity index (χ3n) is 4.12. The van der Waals surface area contributed by atoms with E-state index in [1.807, 2.05) is 18.3 Å². The van der Waals surface area contributed by atoms with Gasteiger partial charge in [0.25, 0.3) is 0 Å². The molecule has 0 radical (unpaired) electrons. The Bertz CT molecular complexity index is 646. The lowest BCUT2D eigenvalue weighted by Crippen LogP contribution is -2.38. The van der Waals surface area contributed by atoms with Crippen LogP contribution in [0.15, 0.2) is 18.3 Å². The van der Waals surface area contributed by atoms with E-state index >= 15 is 0 Å². The van der Waals surface area contributed by atoms with Crippen molar-refractivity contribution in [2.45, 2.75) is 25.7 Å². The first-order valence-corrected chi connectivity index (χ1v) is 7.18. The van der Waals surface area contributed by atoms with Crippen molar-refractivity contribution in [3.05, 3.63) is 29.6 Å². The molecule has 2 aromatic heterocycles. The minimum atomic E-state index is 0.544. The van der Waals surface area contributed by atoms with Crippen LogP contribution in [0.2, 0.25) is 0 Å². The number of pyridine rings is 1. The normalized spacial score (nSPS) is 16.9. The fourth-order valence-corrected chi connectivity index (χ4v) is 2.86. The molecule has 1 fully saturated rings. The van der Waals surface area contributed by atoms with Gasteiger partial charge in [0.05, 0.1) is 5.69 Å². The van der Waals surface area contributed by atoms with Crippen molar-refractivity contribution in [2.75, 3.05) is 23.7 Å². The molecule has 4 rings (SSSR count). The summed E-state index contributed by atoms with van der Waals surface area (Å²) < 4.78 is 0. The Morgan fingerprint density at radius 3 is 2.65 bits per heavy atom. The monoisotopic (exact) mass is 267 g/mol. The van der Waals surface area contributed by atoms with Crippen molar-refractivity contribution in [3.8, 4) is 11.3 Å². The molecular weight excluding hydrogens is 250 g/mol. The topological polar surface area (TPSA) is 67.9 Å². The second kappa shape index (κ2) is 4.44. The fraction of sp³-hybridized carbons (Fsp3) is 0.400. The maximum atomic E-state index is 5.67. The average Bonchev–Trinajstić information content (AvgIpc) is 2.85. The van der Waals surface area contributed by atoms with Gasteiger partial charge in [-0.25, -0.2) is 15.0 Å². The molecule has 0 aromatic carbocycles. The van der Waals surface area contributed by atoms with Crippen molar-refractivity contribution < 1.29 is 0 Å². The Hall–Kier alpha value is -2.17. The van der Waals surface area contributed by atoms with Crippen LogP contribution < -0.4 is 10.6 Å². The van der Waals surface area contributed by atoms with Crippen LogP contribution >= 0.6 is 0 Å². The average molecular weight is 267 g/mol. The first-order valence-electron chi connectivity index (χ1n) is 7.18. The highest BCUT2D eigenvalue weighted by Crippen LogP contribution is 2.32. The molecule has 20 heavy (non-hydrogen) atoms. The number of aromatic nitrogens is 3. The van der Waals surface area contributed by atoms with E-state index < -0.39 is 0 Å². The summed E-state index contributed by atoms with van der Waals surface area (Å²) in [6, 6.07) is 3.84. The minimum Gasteiger partial charge on any atom is -0.384 e. The summed E-state index contributed by atoms with van der Waals surface area (Å²) in [4.78, 5) is 16.0. The predicted molar refractivity (Wildman–Crippen MR) is 78.5 cm³/mol. The molecule has 1 aliphatic heterocycles. The molecule has 0 saturated carbocycles. The van der Waals surface area contributed by atoms with Gasteiger partial charge in [0, 0.05) is 36.1 Å². The molecule has 0 amide bonds. The summed E-state index contributed by atoms with van der Waals surface area (Å²) >= 11 is 0. The highest BCUT2D eigenvalue weighted by Gasteiger charge is 2.24. The Balaban J connectivity index is 1.84. The maximum absolute atomic E-state index is 5.67. The van der Waals surface area contributed by atoms with E-state index in [1.54, 1.807) is 0 Å². The lowest BCUT2D eigenvalue weighted by molar-refractivity contribution is 0.599. The van der Waals surface area contributed by atoms with Gasteiger partial charge < -0.3 is 10.6 Å². The Morgan fingerprint density at radius 2 is 1.95 bits per heavy atom. The molecule has 3 heterocycles. The van der Waals surface area contributed by atoms with Gasteiger partial charge in [-0.15, -0.1) is 0 Å². The van der Waals surface area contributed by atoms with Gasteiger partial charge in [-0.05, 0) is 37.8 Å². The van der Waals surface area contributed by atoms with Gasteiger partial charge in [0.1, 0.15) is 5.82 Å². The molecule has 2 aliphatic rings. The van der Waals surface area contributed by atoms with Crippen LogP contribution in [0.5, 0.6) is 0 Å². The van der Waals surface area contributed by atoms with Crippen LogP contribution in [0.1, 0.15) is 24.1 Å². The highest BCUT2D eigenvalue weighted by atomic mass is 15.3. The van der Waals surface area contributed by atoms with Crippen molar-refractivity contribution >= 4 is 11.8 Å². The smallest absolute Gasteiger partial charge is 0.226 e. The second-order valence-electron chi connectivity index (χ2n) is 5.46. The summed E-state index contributed by atoms with van der Waals surface area (Å²) in [7, 11) is 0. The number of anilines is 2. The first-order chi connectivity index (χ1) is 9.81. The van der Waals surface area contributed by atoms with Gasteiger partial charge in [0.2, 0.25) is 5.95 Å². The third kappa shape index (κ3) is 1.81. The predicted octanol–water partition coefficient (Wildman–Crippen LogP) is 1.82. The lowest BCUT2D eigenvalue weighted by atomic mass is 10.1. The highest BCUT2D eigenvalue weighted by molar-refractivity contribution is 5.66. The van der Waals surface area contributed by atoms with E-state index in [4.69, 9.17) is 15.7 Å². The van der Waals surface area contributed by atoms with Crippen LogP contribution in [-0.2, 0) is 12.8 Å². The number of rotatable bonds is 2. The van der Waals surface area contributed by atoms with E-state index in [1.165, 1.54) is 24.1 Å². The zero-order valence-corrected chi connectivity index (χ0v) is 11.3. The van der Waals surface area contributed by atoms with E-state index in [0.717, 1.165) is 43.1 Å². The summed E-state index contributed by atoms with van der Waals surface area (Å²) in [6.07, 6.45) is 6.35. The number of nitrogens with two attached hydrogens (primary N) is 1. The van der Waals surface area contributed by atoms with Crippen molar-refractivity contribution in [3.63, 3.8) is 0 Å². The van der Waals surface area contributed by atoms with Gasteiger partial charge in [-0.3, -0.25) is 0 Å². The summed E-state index contributed by atoms with van der Waals surface area (Å²) in [6.45, 7) is 2.14. The minimum absolute atomic E-state index is 0.544. The molecule has 5 heteroatoms. The number of hydrogen-bond acceptors (Lipinski definition) is 5. The molecule has 0 bridgehead atoms. The van der Waals surface area contributed by atoms with E-state index in [9.17, 15) is 0 Å². The quantitative estimate of drug-likeness (QED) is 0.899. The van der Waals surface area contributed by atoms with Crippen LogP contribution in [0.25, 0.3) is 11.3 Å². The standard InChI is InChI=1S/C15H17N5/c16-13-6-5-10(9-17-13)14-11-3-1-4-12(11)18-15(19-14)20-7-2-8-20/h5-6,9H,1-4,7-8H2,(H2,16,17). The molecule has 1 saturated heterocycles. The van der Waals surface area contributed by atoms with Crippen molar-refractivity contribution in [1.29, 1.82) is 0 Å². The fourth-order valence-electron chi connectivity index (χ4n) is 2.86. The molecule has 0 unspecified atom stereocenters. The molecule has 0 atom stereocenters. The largest absolute Gasteiger partial charge is 0.384 e. The molecule has 1 aliphatic carbocycles. The number of hydrogen-bond donors (Lipinski definition) is 1. The molecule has 2 N–H and O–H groups in total. The molecule has 0 spiro atoms. The SMILES string of the molecule is Nc1ccc(-c2nc(N3CCC3)nc3c2CCC3)cn1. The van der Waals surface area contributed by atoms with Crippen LogP contribution in [0, 0.1) is 0 Å². The molecular formula is C15H17N5. The van der Waals surface area contributed by atoms with E-state index in [-0.39, 0.29) is 0 Å². The number of nitrogens with zero attached hydrogens (tertiary/aromatic N) is 4. The van der Waals surface area contributed by atoms with Gasteiger partial charge in [-0.2, -0.15) is 0 Å². The zero-order chi connectivity index (χ0) is 13.5. The molecule has 2 aromatic rings. The van der Waals surface area contributed by atoms with Gasteiger partial charge in [0.15, 0.2) is 0 Å². The Morgan fingerprint density at radius 1 is 1.05 bits per heavy atom. The van der Waals surface area contributed by atoms with E-state index in [2.05, 4.69) is 9.88 Å². The molecule has 5 nitrogen and oxygen atoms in total. The maximum Gasteiger partial charge on any atom is 0.226 e. The Labute approximate surface area is 117 Å². The van der Waals surface area contributed by atoms with Gasteiger partial charge in [-0.1, -0.05) is 0 Å². The van der Waals surface area contributed by atoms with Gasteiger partial charge >= 0.3 is 0 Å². The lowest BCUT2D eigenvalue weighted by Gasteiger charge is -2.31. The molecule has 102 valence electrons. The number of fused-ring (bicyclic) bond motifs is 1.